The standard InChI is InChI=1S/C20H20N2O4/c1-2-7-18(15-8-4-3-5-9-15)22-19(23)14-26-20(24)16(13-21)12-17-10-6-11-25-17/h3-6,8-12,18H,2,7,14H2,1H3,(H,22,23)/b16-12+/t18-/m1/s1. The third-order valence-corrected chi connectivity index (χ3v) is 3.62. The van der Waals surface area contributed by atoms with Crippen molar-refractivity contribution >= 4 is 18.0 Å². The molecule has 0 spiro atoms. The van der Waals surface area contributed by atoms with Gasteiger partial charge in [0.1, 0.15) is 17.4 Å². The largest absolute Gasteiger partial charge is 0.465 e. The lowest BCUT2D eigenvalue weighted by Crippen LogP contribution is -2.32. The molecule has 0 bridgehead atoms. The molecule has 2 aromatic rings. The van der Waals surface area contributed by atoms with E-state index in [0.717, 1.165) is 18.4 Å². The molecule has 26 heavy (non-hydrogen) atoms. The summed E-state index contributed by atoms with van der Waals surface area (Å²) in [6.45, 7) is 1.57. The second kappa shape index (κ2) is 9.84. The summed E-state index contributed by atoms with van der Waals surface area (Å²) in [5.41, 5.74) is 0.755. The average Bonchev–Trinajstić information content (AvgIpc) is 3.17. The number of benzene rings is 1. The van der Waals surface area contributed by atoms with E-state index in [1.54, 1.807) is 18.2 Å². The molecule has 1 N–H and O–H groups in total. The molecular weight excluding hydrogens is 332 g/mol. The van der Waals surface area contributed by atoms with Crippen molar-refractivity contribution in [3.8, 4) is 6.07 Å². The molecule has 1 aromatic heterocycles. The quantitative estimate of drug-likeness (QED) is 0.447. The van der Waals surface area contributed by atoms with Crippen molar-refractivity contribution in [2.45, 2.75) is 25.8 Å². The van der Waals surface area contributed by atoms with Crippen molar-refractivity contribution < 1.29 is 18.7 Å². The van der Waals surface area contributed by atoms with Crippen LogP contribution in [0.4, 0.5) is 0 Å². The number of rotatable bonds is 8. The summed E-state index contributed by atoms with van der Waals surface area (Å²) >= 11 is 0. The van der Waals surface area contributed by atoms with Gasteiger partial charge in [-0.05, 0) is 24.1 Å². The Morgan fingerprint density at radius 1 is 1.27 bits per heavy atom. The molecule has 0 unspecified atom stereocenters. The predicted molar refractivity (Wildman–Crippen MR) is 95.5 cm³/mol. The molecule has 0 saturated heterocycles. The van der Waals surface area contributed by atoms with E-state index in [1.807, 2.05) is 37.3 Å². The molecule has 6 nitrogen and oxygen atoms in total. The SMILES string of the molecule is CCC[C@@H](NC(=O)COC(=O)/C(C#N)=C/c1ccco1)c1ccccc1. The maximum absolute atomic E-state index is 12.1. The summed E-state index contributed by atoms with van der Waals surface area (Å²) < 4.78 is 9.99. The fraction of sp³-hybridized carbons (Fsp3) is 0.250. The van der Waals surface area contributed by atoms with Crippen molar-refractivity contribution in [1.29, 1.82) is 5.26 Å². The van der Waals surface area contributed by atoms with Crippen LogP contribution >= 0.6 is 0 Å². The van der Waals surface area contributed by atoms with Crippen LogP contribution in [0, 0.1) is 11.3 Å². The van der Waals surface area contributed by atoms with Gasteiger partial charge in [-0.25, -0.2) is 4.79 Å². The van der Waals surface area contributed by atoms with E-state index in [2.05, 4.69) is 5.32 Å². The summed E-state index contributed by atoms with van der Waals surface area (Å²) in [6.07, 6.45) is 4.36. The maximum Gasteiger partial charge on any atom is 0.349 e. The van der Waals surface area contributed by atoms with Gasteiger partial charge in [0.05, 0.1) is 12.3 Å². The van der Waals surface area contributed by atoms with Crippen molar-refractivity contribution in [3.63, 3.8) is 0 Å². The number of nitrogens with zero attached hydrogens (tertiary/aromatic N) is 1. The van der Waals surface area contributed by atoms with Crippen LogP contribution in [0.25, 0.3) is 6.08 Å². The number of nitriles is 1. The summed E-state index contributed by atoms with van der Waals surface area (Å²) in [7, 11) is 0. The topological polar surface area (TPSA) is 92.3 Å². The molecule has 0 aliphatic carbocycles. The highest BCUT2D eigenvalue weighted by molar-refractivity contribution is 5.98. The highest BCUT2D eigenvalue weighted by Gasteiger charge is 2.17. The van der Waals surface area contributed by atoms with E-state index in [0.29, 0.717) is 5.76 Å². The fourth-order valence-electron chi connectivity index (χ4n) is 2.39. The fourth-order valence-corrected chi connectivity index (χ4v) is 2.39. The molecule has 2 rings (SSSR count). The first-order chi connectivity index (χ1) is 12.6. The van der Waals surface area contributed by atoms with Gasteiger partial charge in [0.15, 0.2) is 6.61 Å². The molecule has 0 saturated carbocycles. The van der Waals surface area contributed by atoms with Gasteiger partial charge < -0.3 is 14.5 Å². The first-order valence-electron chi connectivity index (χ1n) is 8.30. The zero-order valence-corrected chi connectivity index (χ0v) is 14.5. The lowest BCUT2D eigenvalue weighted by molar-refractivity contribution is -0.144. The lowest BCUT2D eigenvalue weighted by atomic mass is 10.0. The van der Waals surface area contributed by atoms with E-state index in [9.17, 15) is 9.59 Å². The van der Waals surface area contributed by atoms with Gasteiger partial charge in [-0.1, -0.05) is 43.7 Å². The predicted octanol–water partition coefficient (Wildman–Crippen LogP) is 3.39. The minimum atomic E-state index is -0.870. The maximum atomic E-state index is 12.1. The number of amides is 1. The molecule has 1 aromatic carbocycles. The molecule has 1 atom stereocenters. The van der Waals surface area contributed by atoms with Gasteiger partial charge in [-0.2, -0.15) is 5.26 Å². The van der Waals surface area contributed by atoms with Gasteiger partial charge in [-0.3, -0.25) is 4.79 Å². The molecular formula is C20H20N2O4. The van der Waals surface area contributed by atoms with E-state index in [1.165, 1.54) is 12.3 Å². The number of carbonyl (C=O) groups excluding carboxylic acids is 2. The second-order valence-electron chi connectivity index (χ2n) is 5.58. The van der Waals surface area contributed by atoms with Gasteiger partial charge in [0.25, 0.3) is 5.91 Å². The Balaban J connectivity index is 1.92. The molecule has 1 amide bonds. The van der Waals surface area contributed by atoms with Crippen molar-refractivity contribution in [1.82, 2.24) is 5.32 Å². The van der Waals surface area contributed by atoms with Crippen molar-refractivity contribution in [2.75, 3.05) is 6.61 Å². The lowest BCUT2D eigenvalue weighted by Gasteiger charge is -2.18. The van der Waals surface area contributed by atoms with Crippen LogP contribution in [0.3, 0.4) is 0 Å². The Kier molecular flexibility index (Phi) is 7.19. The van der Waals surface area contributed by atoms with Crippen LogP contribution in [-0.2, 0) is 14.3 Å². The Morgan fingerprint density at radius 2 is 2.04 bits per heavy atom. The van der Waals surface area contributed by atoms with Gasteiger partial charge >= 0.3 is 5.97 Å². The number of hydrogen-bond acceptors (Lipinski definition) is 5. The Hall–Kier alpha value is -3.33. The third kappa shape index (κ3) is 5.64. The molecule has 0 aliphatic heterocycles. The van der Waals surface area contributed by atoms with Crippen LogP contribution in [0.15, 0.2) is 58.7 Å². The molecule has 1 heterocycles. The van der Waals surface area contributed by atoms with Crippen LogP contribution in [-0.4, -0.2) is 18.5 Å². The second-order valence-corrected chi connectivity index (χ2v) is 5.58. The Bertz CT molecular complexity index is 789. The molecule has 6 heteroatoms. The highest BCUT2D eigenvalue weighted by atomic mass is 16.5. The van der Waals surface area contributed by atoms with E-state index >= 15 is 0 Å². The number of furan rings is 1. The van der Waals surface area contributed by atoms with E-state index in [-0.39, 0.29) is 11.6 Å². The number of carbonyl (C=O) groups is 2. The normalized spacial score (nSPS) is 12.1. The van der Waals surface area contributed by atoms with Gasteiger partial charge in [0.2, 0.25) is 0 Å². The molecule has 134 valence electrons. The zero-order chi connectivity index (χ0) is 18.8. The molecule has 0 aliphatic rings. The number of ether oxygens (including phenoxy) is 1. The summed E-state index contributed by atoms with van der Waals surface area (Å²) in [5, 5.41) is 11.9. The summed E-state index contributed by atoms with van der Waals surface area (Å²) in [4.78, 5) is 24.1. The number of esters is 1. The van der Waals surface area contributed by atoms with Crippen molar-refractivity contribution in [3.05, 3.63) is 65.6 Å². The van der Waals surface area contributed by atoms with E-state index < -0.39 is 18.5 Å². The minimum absolute atomic E-state index is 0.151. The minimum Gasteiger partial charge on any atom is -0.465 e. The Morgan fingerprint density at radius 3 is 2.65 bits per heavy atom. The zero-order valence-electron chi connectivity index (χ0n) is 14.5. The molecule has 0 radical (unpaired) electrons. The van der Waals surface area contributed by atoms with Crippen LogP contribution < -0.4 is 5.32 Å². The summed E-state index contributed by atoms with van der Waals surface area (Å²) in [5.74, 6) is -0.934. The first-order valence-corrected chi connectivity index (χ1v) is 8.30. The molecule has 0 fully saturated rings. The van der Waals surface area contributed by atoms with Gasteiger partial charge in [-0.15, -0.1) is 0 Å². The Labute approximate surface area is 152 Å². The monoisotopic (exact) mass is 352 g/mol. The number of hydrogen-bond donors (Lipinski definition) is 1. The number of nitrogens with one attached hydrogen (secondary N) is 1. The third-order valence-electron chi connectivity index (χ3n) is 3.62. The van der Waals surface area contributed by atoms with E-state index in [4.69, 9.17) is 14.4 Å². The van der Waals surface area contributed by atoms with Crippen molar-refractivity contribution in [2.24, 2.45) is 0 Å². The smallest absolute Gasteiger partial charge is 0.349 e. The van der Waals surface area contributed by atoms with Crippen LogP contribution in [0.2, 0.25) is 0 Å². The van der Waals surface area contributed by atoms with Crippen LogP contribution in [0.1, 0.15) is 37.1 Å². The first kappa shape index (κ1) is 19.0. The van der Waals surface area contributed by atoms with Crippen LogP contribution in [0.5, 0.6) is 0 Å². The van der Waals surface area contributed by atoms with Gasteiger partial charge in [0, 0.05) is 6.08 Å². The average molecular weight is 352 g/mol. The highest BCUT2D eigenvalue weighted by Crippen LogP contribution is 2.18. The summed E-state index contributed by atoms with van der Waals surface area (Å²) in [6, 6.07) is 14.4.